The average Bonchev–Trinajstić information content (AvgIpc) is 3.53. The van der Waals surface area contributed by atoms with Gasteiger partial charge in [-0.1, -0.05) is 34.1 Å². The number of anilines is 1. The largest absolute Gasteiger partial charge is 0.365 e. The summed E-state index contributed by atoms with van der Waals surface area (Å²) >= 11 is 0. The Balaban J connectivity index is 1.49. The van der Waals surface area contributed by atoms with Crippen LogP contribution in [0.2, 0.25) is 0 Å². The number of hydrogen-bond acceptors (Lipinski definition) is 8. The van der Waals surface area contributed by atoms with Crippen molar-refractivity contribution < 1.29 is 4.84 Å². The molecule has 0 spiro atoms. The molecule has 0 radical (unpaired) electrons. The van der Waals surface area contributed by atoms with Gasteiger partial charge < -0.3 is 9.88 Å². The maximum absolute atomic E-state index is 5.27. The topological polar surface area (TPSA) is 102 Å². The molecule has 3 aromatic heterocycles. The molecule has 9 heteroatoms. The van der Waals surface area contributed by atoms with Crippen LogP contribution in [-0.4, -0.2) is 43.1 Å². The van der Waals surface area contributed by atoms with Crippen LogP contribution >= 0.6 is 0 Å². The van der Waals surface area contributed by atoms with Gasteiger partial charge >= 0.3 is 0 Å². The molecule has 3 aliphatic rings. The molecule has 2 saturated carbocycles. The lowest BCUT2D eigenvalue weighted by atomic mass is 9.73. The number of hydroxylamine groups is 1. The molecular formula is C30H42N8O. The quantitative estimate of drug-likeness (QED) is 0.364. The Morgan fingerprint density at radius 3 is 2.56 bits per heavy atom. The minimum atomic E-state index is 0.252. The predicted molar refractivity (Wildman–Crippen MR) is 154 cm³/mol. The number of fused-ring (bicyclic) bond motifs is 1. The molecule has 4 heterocycles. The second-order valence-electron chi connectivity index (χ2n) is 12.9. The highest BCUT2D eigenvalue weighted by Gasteiger charge is 2.31. The first kappa shape index (κ1) is 26.2. The van der Waals surface area contributed by atoms with Crippen LogP contribution in [0.15, 0.2) is 23.3 Å². The number of imidazole rings is 1. The average molecular weight is 531 g/mol. The summed E-state index contributed by atoms with van der Waals surface area (Å²) in [6.45, 7) is 12.6. The van der Waals surface area contributed by atoms with E-state index in [4.69, 9.17) is 24.8 Å². The maximum atomic E-state index is 5.27. The van der Waals surface area contributed by atoms with Gasteiger partial charge in [-0.3, -0.25) is 9.82 Å². The molecule has 0 bridgehead atoms. The fourth-order valence-electron chi connectivity index (χ4n) is 6.06. The zero-order valence-corrected chi connectivity index (χ0v) is 24.0. The number of pyridine rings is 1. The molecule has 2 N–H and O–H groups in total. The van der Waals surface area contributed by atoms with Gasteiger partial charge in [-0.25, -0.2) is 25.4 Å². The molecule has 9 nitrogen and oxygen atoms in total. The van der Waals surface area contributed by atoms with E-state index in [2.05, 4.69) is 67.1 Å². The van der Waals surface area contributed by atoms with Gasteiger partial charge in [0.1, 0.15) is 11.2 Å². The van der Waals surface area contributed by atoms with Crippen molar-refractivity contribution in [2.24, 2.45) is 22.2 Å². The molecular weight excluding hydrogens is 488 g/mol. The molecule has 1 atom stereocenters. The number of amidine groups is 1. The van der Waals surface area contributed by atoms with E-state index < -0.39 is 0 Å². The lowest BCUT2D eigenvalue weighted by Gasteiger charge is -2.35. The minimum Gasteiger partial charge on any atom is -0.365 e. The van der Waals surface area contributed by atoms with E-state index in [1.807, 2.05) is 6.20 Å². The standard InChI is InChI=1S/C30H42N8O/c1-18(2)22-11-14-31-23(15-22)29-36-26-24(38(29)16-20-9-12-30(4,5)13-10-20)25(33-19(3)21-7-6-8-21)34-28(35-26)27-32-17-39-37-27/h11,14-15,18-21H,6-10,12-13,16-17H2,1-5H3,(H,32,37)(H,33,34,35). The summed E-state index contributed by atoms with van der Waals surface area (Å²) in [5, 5.41) is 3.78. The van der Waals surface area contributed by atoms with E-state index in [9.17, 15) is 0 Å². The predicted octanol–water partition coefficient (Wildman–Crippen LogP) is 6.07. The zero-order chi connectivity index (χ0) is 27.1. The summed E-state index contributed by atoms with van der Waals surface area (Å²) in [5.74, 6) is 4.37. The summed E-state index contributed by atoms with van der Waals surface area (Å²) in [5.41, 5.74) is 7.05. The van der Waals surface area contributed by atoms with Crippen LogP contribution in [0, 0.1) is 17.3 Å². The lowest BCUT2D eigenvalue weighted by molar-refractivity contribution is 0.115. The third-order valence-electron chi connectivity index (χ3n) is 9.07. The van der Waals surface area contributed by atoms with Crippen molar-refractivity contribution >= 4 is 22.8 Å². The van der Waals surface area contributed by atoms with Gasteiger partial charge in [0, 0.05) is 18.8 Å². The lowest BCUT2D eigenvalue weighted by Crippen LogP contribution is -2.32. The number of hydrogen-bond donors (Lipinski definition) is 2. The van der Waals surface area contributed by atoms with E-state index in [1.165, 1.54) is 50.5 Å². The molecule has 1 aliphatic heterocycles. The molecule has 39 heavy (non-hydrogen) atoms. The van der Waals surface area contributed by atoms with E-state index in [0.29, 0.717) is 46.5 Å². The van der Waals surface area contributed by atoms with E-state index in [0.717, 1.165) is 29.4 Å². The van der Waals surface area contributed by atoms with Gasteiger partial charge in [0.25, 0.3) is 0 Å². The van der Waals surface area contributed by atoms with Crippen molar-refractivity contribution in [3.05, 3.63) is 29.7 Å². The highest BCUT2D eigenvalue weighted by molar-refractivity contribution is 5.98. The van der Waals surface area contributed by atoms with Gasteiger partial charge in [-0.05, 0) is 86.3 Å². The van der Waals surface area contributed by atoms with E-state index >= 15 is 0 Å². The molecule has 2 fully saturated rings. The Kier molecular flexibility index (Phi) is 7.04. The van der Waals surface area contributed by atoms with Gasteiger partial charge in [0.2, 0.25) is 5.82 Å². The fraction of sp³-hybridized carbons (Fsp3) is 0.633. The fourth-order valence-corrected chi connectivity index (χ4v) is 6.06. The van der Waals surface area contributed by atoms with Crippen molar-refractivity contribution in [1.82, 2.24) is 30.0 Å². The molecule has 2 aliphatic carbocycles. The van der Waals surface area contributed by atoms with Crippen LogP contribution in [0.25, 0.3) is 22.7 Å². The minimum absolute atomic E-state index is 0.252. The van der Waals surface area contributed by atoms with Crippen LogP contribution in [-0.2, 0) is 11.4 Å². The van der Waals surface area contributed by atoms with Crippen LogP contribution < -0.4 is 10.8 Å². The van der Waals surface area contributed by atoms with Gasteiger partial charge in [-0.15, -0.1) is 0 Å². The third kappa shape index (κ3) is 5.38. The number of aliphatic imine (C=N–C) groups is 1. The third-order valence-corrected chi connectivity index (χ3v) is 9.07. The Hall–Kier alpha value is -3.07. The molecule has 208 valence electrons. The van der Waals surface area contributed by atoms with Crippen molar-refractivity contribution in [1.29, 1.82) is 0 Å². The molecule has 0 amide bonds. The number of aromatic nitrogens is 5. The van der Waals surface area contributed by atoms with Crippen LogP contribution in [0.5, 0.6) is 0 Å². The number of rotatable bonds is 8. The molecule has 3 aromatic rings. The van der Waals surface area contributed by atoms with Crippen molar-refractivity contribution in [2.45, 2.75) is 98.1 Å². The van der Waals surface area contributed by atoms with Gasteiger partial charge in [0.15, 0.2) is 29.9 Å². The summed E-state index contributed by atoms with van der Waals surface area (Å²) in [4.78, 5) is 29.5. The van der Waals surface area contributed by atoms with E-state index in [-0.39, 0.29) is 6.73 Å². The summed E-state index contributed by atoms with van der Waals surface area (Å²) in [6.07, 6.45) is 10.6. The SMILES string of the molecule is CC(C)c1ccnc(-c2nc3nc(C4=NCON4)nc(NC(C)C4CCC4)c3n2CC2CCC(C)(C)CC2)c1. The molecule has 1 unspecified atom stereocenters. The van der Waals surface area contributed by atoms with Gasteiger partial charge in [0.05, 0.1) is 0 Å². The smallest absolute Gasteiger partial charge is 0.201 e. The first-order valence-electron chi connectivity index (χ1n) is 14.7. The summed E-state index contributed by atoms with van der Waals surface area (Å²) in [7, 11) is 0. The Morgan fingerprint density at radius 1 is 1.10 bits per heavy atom. The molecule has 6 rings (SSSR count). The Labute approximate surface area is 231 Å². The second kappa shape index (κ2) is 10.5. The highest BCUT2D eigenvalue weighted by Crippen LogP contribution is 2.40. The Bertz CT molecular complexity index is 1360. The van der Waals surface area contributed by atoms with Crippen molar-refractivity contribution in [3.8, 4) is 11.5 Å². The van der Waals surface area contributed by atoms with Crippen LogP contribution in [0.4, 0.5) is 5.82 Å². The summed E-state index contributed by atoms with van der Waals surface area (Å²) in [6, 6.07) is 4.59. The van der Waals surface area contributed by atoms with Crippen LogP contribution in [0.1, 0.15) is 96.9 Å². The number of nitrogens with one attached hydrogen (secondary N) is 2. The monoisotopic (exact) mass is 530 g/mol. The second-order valence-corrected chi connectivity index (χ2v) is 12.9. The number of nitrogens with zero attached hydrogens (tertiary/aromatic N) is 6. The Morgan fingerprint density at radius 2 is 1.90 bits per heavy atom. The molecule has 0 aromatic carbocycles. The van der Waals surface area contributed by atoms with E-state index in [1.54, 1.807) is 0 Å². The summed E-state index contributed by atoms with van der Waals surface area (Å²) < 4.78 is 2.35. The molecule has 0 saturated heterocycles. The normalized spacial score (nSPS) is 20.6. The van der Waals surface area contributed by atoms with Crippen molar-refractivity contribution in [2.75, 3.05) is 12.0 Å². The highest BCUT2D eigenvalue weighted by atomic mass is 16.7. The maximum Gasteiger partial charge on any atom is 0.201 e. The zero-order valence-electron chi connectivity index (χ0n) is 24.0. The first-order chi connectivity index (χ1) is 18.8. The van der Waals surface area contributed by atoms with Gasteiger partial charge in [-0.2, -0.15) is 0 Å². The van der Waals surface area contributed by atoms with Crippen molar-refractivity contribution in [3.63, 3.8) is 0 Å². The van der Waals surface area contributed by atoms with Crippen LogP contribution in [0.3, 0.4) is 0 Å². The first-order valence-corrected chi connectivity index (χ1v) is 14.7.